The van der Waals surface area contributed by atoms with Crippen molar-refractivity contribution in [3.8, 4) is 0 Å². The Hall–Kier alpha value is -5.57. The van der Waals surface area contributed by atoms with Crippen LogP contribution in [-0.4, -0.2) is 141 Å². The molecule has 8 heterocycles. The maximum atomic E-state index is 13.4. The summed E-state index contributed by atoms with van der Waals surface area (Å²) in [4.78, 5) is 75.4. The Kier molecular flexibility index (Phi) is 11.4. The molecule has 0 bridgehead atoms. The van der Waals surface area contributed by atoms with Gasteiger partial charge in [-0.3, -0.25) is 24.4 Å². The van der Waals surface area contributed by atoms with Gasteiger partial charge in [0.2, 0.25) is 17.8 Å². The van der Waals surface area contributed by atoms with Gasteiger partial charge in [-0.15, -0.1) is 0 Å². The van der Waals surface area contributed by atoms with Crippen molar-refractivity contribution in [3.63, 3.8) is 0 Å². The molecule has 15 heteroatoms. The fraction of sp³-hybridized carbons (Fsp3) is 0.523. The smallest absolute Gasteiger partial charge is 0.257 e. The van der Waals surface area contributed by atoms with Crippen LogP contribution >= 0.6 is 0 Å². The van der Waals surface area contributed by atoms with E-state index in [0.29, 0.717) is 73.6 Å². The number of nitrogens with zero attached hydrogens (tertiary/aromatic N) is 11. The van der Waals surface area contributed by atoms with Gasteiger partial charge in [0.05, 0.1) is 35.7 Å². The predicted octanol–water partition coefficient (Wildman–Crippen LogP) is 4.26. The van der Waals surface area contributed by atoms with E-state index in [2.05, 4.69) is 41.9 Å². The standard InChI is InChI=1S/C23H28N6O2.C21H25N5O2/c1-16(30)27-9-11-28(12-10-27)23-25-14-20(21(26-23)17-4-5-17)22(31)29-8-6-19(15-29)18-3-2-7-24-13-18;27-20(26-7-5-17(14-26)16-2-1-6-22-12-16)18-13-23-21(24-19(18)15-3-4-15)25-8-10-28-11-9-25/h2-3,7,13-14,17,19H,4-6,8-12,15H2,1H3;1-2,6,12-13,15,17H,3-5,7-11,14H2. The minimum Gasteiger partial charge on any atom is -0.378 e. The highest BCUT2D eigenvalue weighted by Crippen LogP contribution is 2.43. The third kappa shape index (κ3) is 8.90. The number of carbonyl (C=O) groups excluding carboxylic acids is 3. The number of anilines is 2. The lowest BCUT2D eigenvalue weighted by molar-refractivity contribution is -0.129. The maximum absolute atomic E-state index is 13.4. The van der Waals surface area contributed by atoms with Gasteiger partial charge >= 0.3 is 0 Å². The van der Waals surface area contributed by atoms with Crippen molar-refractivity contribution in [1.82, 2.24) is 44.6 Å². The van der Waals surface area contributed by atoms with Crippen LogP contribution in [0.1, 0.15) is 112 Å². The molecule has 3 amide bonds. The minimum absolute atomic E-state index is 0.0428. The van der Waals surface area contributed by atoms with E-state index in [4.69, 9.17) is 14.7 Å². The second-order valence-corrected chi connectivity index (χ2v) is 16.6. The number of likely N-dealkylation sites (tertiary alicyclic amines) is 2. The van der Waals surface area contributed by atoms with Gasteiger partial charge in [-0.25, -0.2) is 19.9 Å². The van der Waals surface area contributed by atoms with Crippen LogP contribution in [0.25, 0.3) is 0 Å². The molecule has 0 spiro atoms. The molecule has 4 aromatic heterocycles. The van der Waals surface area contributed by atoms with E-state index in [-0.39, 0.29) is 17.7 Å². The fourth-order valence-electron chi connectivity index (χ4n) is 8.73. The zero-order valence-corrected chi connectivity index (χ0v) is 33.9. The van der Waals surface area contributed by atoms with Gasteiger partial charge in [0.1, 0.15) is 0 Å². The SMILES string of the molecule is CC(=O)N1CCN(c2ncc(C(=O)N3CCC(c4cccnc4)C3)c(C3CC3)n2)CC1.O=C(c1cnc(N2CCOCC2)nc1C1CC1)N1CCC(c2cccnc2)C1. The predicted molar refractivity (Wildman–Crippen MR) is 221 cm³/mol. The Morgan fingerprint density at radius 3 is 1.46 bits per heavy atom. The summed E-state index contributed by atoms with van der Waals surface area (Å²) in [6.45, 7) is 10.4. The van der Waals surface area contributed by atoms with Crippen molar-refractivity contribution >= 4 is 29.6 Å². The van der Waals surface area contributed by atoms with Gasteiger partial charge in [-0.05, 0) is 61.8 Å². The lowest BCUT2D eigenvalue weighted by Gasteiger charge is -2.34. The summed E-state index contributed by atoms with van der Waals surface area (Å²) in [6.07, 6.45) is 17.2. The molecular weight excluding hydrogens is 747 g/mol. The van der Waals surface area contributed by atoms with E-state index in [1.165, 1.54) is 11.1 Å². The van der Waals surface area contributed by atoms with Crippen molar-refractivity contribution in [1.29, 1.82) is 0 Å². The third-order valence-electron chi connectivity index (χ3n) is 12.6. The number of morpholine rings is 1. The highest BCUT2D eigenvalue weighted by molar-refractivity contribution is 5.96. The van der Waals surface area contributed by atoms with E-state index >= 15 is 0 Å². The summed E-state index contributed by atoms with van der Waals surface area (Å²) >= 11 is 0. The van der Waals surface area contributed by atoms with Crippen molar-refractivity contribution in [2.75, 3.05) is 88.5 Å². The number of amides is 3. The molecule has 2 unspecified atom stereocenters. The molecule has 2 saturated carbocycles. The molecule has 6 fully saturated rings. The lowest BCUT2D eigenvalue weighted by atomic mass is 10.0. The number of ether oxygens (including phenoxy) is 1. The second kappa shape index (κ2) is 17.3. The Morgan fingerprint density at radius 1 is 0.559 bits per heavy atom. The van der Waals surface area contributed by atoms with Gasteiger partial charge < -0.3 is 29.2 Å². The first-order chi connectivity index (χ1) is 28.9. The summed E-state index contributed by atoms with van der Waals surface area (Å²) in [6, 6.07) is 8.10. The largest absolute Gasteiger partial charge is 0.378 e. The first kappa shape index (κ1) is 38.9. The van der Waals surface area contributed by atoms with Crippen LogP contribution in [0.15, 0.2) is 61.4 Å². The molecule has 2 aliphatic carbocycles. The highest BCUT2D eigenvalue weighted by atomic mass is 16.5. The molecule has 6 aliphatic rings. The zero-order valence-electron chi connectivity index (χ0n) is 33.9. The molecule has 4 aliphatic heterocycles. The van der Waals surface area contributed by atoms with Gasteiger partial charge in [0.15, 0.2) is 0 Å². The van der Waals surface area contributed by atoms with E-state index in [0.717, 1.165) is 102 Å². The van der Waals surface area contributed by atoms with Gasteiger partial charge in [0, 0.05) is 133 Å². The zero-order chi connectivity index (χ0) is 40.3. The molecule has 2 atom stereocenters. The van der Waals surface area contributed by atoms with Crippen LogP contribution in [-0.2, 0) is 9.53 Å². The van der Waals surface area contributed by atoms with Crippen molar-refractivity contribution in [2.45, 2.75) is 69.1 Å². The fourth-order valence-corrected chi connectivity index (χ4v) is 8.73. The van der Waals surface area contributed by atoms with Gasteiger partial charge in [-0.2, -0.15) is 0 Å². The van der Waals surface area contributed by atoms with Crippen LogP contribution in [0.4, 0.5) is 11.9 Å². The van der Waals surface area contributed by atoms with Crippen LogP contribution in [0.2, 0.25) is 0 Å². The van der Waals surface area contributed by atoms with Crippen LogP contribution in [0.5, 0.6) is 0 Å². The number of piperazine rings is 1. The summed E-state index contributed by atoms with van der Waals surface area (Å²) < 4.78 is 5.42. The Morgan fingerprint density at radius 2 is 1.03 bits per heavy atom. The molecule has 0 radical (unpaired) electrons. The third-order valence-corrected chi connectivity index (χ3v) is 12.6. The topological polar surface area (TPSA) is 154 Å². The summed E-state index contributed by atoms with van der Waals surface area (Å²) in [5.41, 5.74) is 5.57. The van der Waals surface area contributed by atoms with Gasteiger partial charge in [-0.1, -0.05) is 12.1 Å². The Balaban J connectivity index is 0.000000153. The molecule has 4 saturated heterocycles. The molecule has 308 valence electrons. The summed E-state index contributed by atoms with van der Waals surface area (Å²) in [7, 11) is 0. The number of hydrogen-bond acceptors (Lipinski definition) is 12. The van der Waals surface area contributed by atoms with Crippen LogP contribution in [0.3, 0.4) is 0 Å². The molecule has 10 rings (SSSR count). The average Bonchev–Trinajstić information content (AvgIpc) is 4.23. The second-order valence-electron chi connectivity index (χ2n) is 16.6. The number of hydrogen-bond donors (Lipinski definition) is 0. The minimum atomic E-state index is 0.0428. The normalized spacial score (nSPS) is 21.9. The molecule has 0 aromatic carbocycles. The molecule has 4 aromatic rings. The first-order valence-corrected chi connectivity index (χ1v) is 21.3. The maximum Gasteiger partial charge on any atom is 0.257 e. The Labute approximate surface area is 345 Å². The lowest BCUT2D eigenvalue weighted by Crippen LogP contribution is -2.48. The number of rotatable bonds is 8. The first-order valence-electron chi connectivity index (χ1n) is 21.3. The van der Waals surface area contributed by atoms with Crippen LogP contribution in [0, 0.1) is 0 Å². The van der Waals surface area contributed by atoms with E-state index in [1.54, 1.807) is 31.7 Å². The monoisotopic (exact) mass is 799 g/mol. The number of aromatic nitrogens is 6. The molecular formula is C44H53N11O4. The van der Waals surface area contributed by atoms with E-state index in [1.807, 2.05) is 39.2 Å². The van der Waals surface area contributed by atoms with Gasteiger partial charge in [0.25, 0.3) is 11.8 Å². The number of pyridine rings is 2. The quantitative estimate of drug-likeness (QED) is 0.250. The summed E-state index contributed by atoms with van der Waals surface area (Å²) in [5, 5.41) is 0. The Bertz CT molecular complexity index is 2120. The highest BCUT2D eigenvalue weighted by Gasteiger charge is 2.37. The van der Waals surface area contributed by atoms with E-state index in [9.17, 15) is 14.4 Å². The molecule has 15 nitrogen and oxygen atoms in total. The van der Waals surface area contributed by atoms with Crippen molar-refractivity contribution in [3.05, 3.63) is 95.1 Å². The van der Waals surface area contributed by atoms with Crippen molar-refractivity contribution < 1.29 is 19.1 Å². The van der Waals surface area contributed by atoms with Crippen molar-refractivity contribution in [2.24, 2.45) is 0 Å². The molecule has 59 heavy (non-hydrogen) atoms. The molecule has 0 N–H and O–H groups in total. The average molecular weight is 800 g/mol. The summed E-state index contributed by atoms with van der Waals surface area (Å²) in [5.74, 6) is 3.08. The van der Waals surface area contributed by atoms with E-state index < -0.39 is 0 Å². The van der Waals surface area contributed by atoms with Crippen LogP contribution < -0.4 is 9.80 Å². The number of carbonyl (C=O) groups is 3.